The number of carbonyl (C=O) groups is 3. The molecule has 0 unspecified atom stereocenters. The molecule has 5 aromatic rings. The van der Waals surface area contributed by atoms with Gasteiger partial charge in [-0.1, -0.05) is 32.0 Å². The van der Waals surface area contributed by atoms with E-state index in [1.165, 1.54) is 12.5 Å². The minimum absolute atomic E-state index is 0.0572. The fourth-order valence-corrected chi connectivity index (χ4v) is 8.20. The molecule has 59 heavy (non-hydrogen) atoms. The number of hydrogen-bond donors (Lipinski definition) is 3. The number of thiophene rings is 1. The number of nitrogens with zero attached hydrogens (tertiary/aromatic N) is 1. The molecule has 1 aromatic heterocycles. The number of anilines is 3. The van der Waals surface area contributed by atoms with Crippen molar-refractivity contribution in [2.24, 2.45) is 0 Å². The molecule has 4 aromatic carbocycles. The maximum absolute atomic E-state index is 12.8. The van der Waals surface area contributed by atoms with Crippen LogP contribution in [0.3, 0.4) is 0 Å². The SMILES string of the molecule is COc1cc(C)c(C=C2C(=O)Nc3cc(NC(C)=O)ccc32)cc1C(C)C.COc1ccc(C=C2C(=O)Nc3ccc(CCN4CCOCC4)cc32)cc1-c1ccsc1. The van der Waals surface area contributed by atoms with E-state index in [4.69, 9.17) is 14.2 Å². The largest absolute Gasteiger partial charge is 0.496 e. The Hall–Kier alpha value is -6.01. The van der Waals surface area contributed by atoms with Gasteiger partial charge in [-0.25, -0.2) is 0 Å². The molecule has 1 saturated heterocycles. The monoisotopic (exact) mass is 810 g/mol. The molecule has 3 N–H and O–H groups in total. The molecule has 8 rings (SSSR count). The predicted molar refractivity (Wildman–Crippen MR) is 239 cm³/mol. The molecule has 0 radical (unpaired) electrons. The molecule has 10 nitrogen and oxygen atoms in total. The molecule has 1 fully saturated rings. The van der Waals surface area contributed by atoms with Gasteiger partial charge in [-0.2, -0.15) is 11.3 Å². The number of carbonyl (C=O) groups excluding carboxylic acids is 3. The van der Waals surface area contributed by atoms with Gasteiger partial charge in [0.25, 0.3) is 11.8 Å². The van der Waals surface area contributed by atoms with E-state index in [0.717, 1.165) is 101 Å². The summed E-state index contributed by atoms with van der Waals surface area (Å²) in [6.45, 7) is 12.3. The van der Waals surface area contributed by atoms with Crippen molar-refractivity contribution in [2.45, 2.75) is 40.0 Å². The summed E-state index contributed by atoms with van der Waals surface area (Å²) in [5.41, 5.74) is 12.9. The molecule has 0 atom stereocenters. The maximum atomic E-state index is 12.8. The van der Waals surface area contributed by atoms with Crippen LogP contribution in [0.25, 0.3) is 34.4 Å². The number of methoxy groups -OCH3 is 2. The van der Waals surface area contributed by atoms with E-state index in [9.17, 15) is 14.4 Å². The number of fused-ring (bicyclic) bond motifs is 2. The zero-order valence-corrected chi connectivity index (χ0v) is 35.2. The topological polar surface area (TPSA) is 118 Å². The molecule has 304 valence electrons. The van der Waals surface area contributed by atoms with Crippen LogP contribution in [0.4, 0.5) is 17.1 Å². The first-order chi connectivity index (χ1) is 28.5. The first-order valence-electron chi connectivity index (χ1n) is 19.8. The van der Waals surface area contributed by atoms with E-state index in [1.54, 1.807) is 37.7 Å². The van der Waals surface area contributed by atoms with Crippen molar-refractivity contribution in [3.05, 3.63) is 123 Å². The number of morpholine rings is 1. The number of nitrogens with one attached hydrogen (secondary N) is 3. The first-order valence-corrected chi connectivity index (χ1v) is 20.8. The van der Waals surface area contributed by atoms with Crippen LogP contribution in [0.5, 0.6) is 11.5 Å². The number of hydrogen-bond acceptors (Lipinski definition) is 8. The van der Waals surface area contributed by atoms with Crippen molar-refractivity contribution < 1.29 is 28.6 Å². The van der Waals surface area contributed by atoms with Crippen molar-refractivity contribution in [3.63, 3.8) is 0 Å². The Kier molecular flexibility index (Phi) is 12.8. The maximum Gasteiger partial charge on any atom is 0.256 e. The average Bonchev–Trinajstić information content (AvgIpc) is 3.95. The van der Waals surface area contributed by atoms with Gasteiger partial charge in [0.15, 0.2) is 0 Å². The summed E-state index contributed by atoms with van der Waals surface area (Å²) >= 11 is 1.65. The molecule has 11 heteroatoms. The normalized spacial score (nSPS) is 16.0. The Morgan fingerprint density at radius 2 is 1.59 bits per heavy atom. The van der Waals surface area contributed by atoms with E-state index in [0.29, 0.717) is 28.4 Å². The number of ether oxygens (including phenoxy) is 3. The molecule has 4 heterocycles. The summed E-state index contributed by atoms with van der Waals surface area (Å²) in [6.07, 6.45) is 4.85. The van der Waals surface area contributed by atoms with Gasteiger partial charge in [0.2, 0.25) is 5.91 Å². The third-order valence-electron chi connectivity index (χ3n) is 10.7. The second-order valence-electron chi connectivity index (χ2n) is 15.1. The van der Waals surface area contributed by atoms with Crippen molar-refractivity contribution in [3.8, 4) is 22.6 Å². The summed E-state index contributed by atoms with van der Waals surface area (Å²) in [5.74, 6) is 1.64. The molecule has 0 aliphatic carbocycles. The second kappa shape index (κ2) is 18.3. The van der Waals surface area contributed by atoms with Gasteiger partial charge in [-0.05, 0) is 130 Å². The predicted octanol–water partition coefficient (Wildman–Crippen LogP) is 9.37. The molecular formula is C48H50N4O6S. The summed E-state index contributed by atoms with van der Waals surface area (Å²) in [6, 6.07) is 23.9. The van der Waals surface area contributed by atoms with Crippen LogP contribution < -0.4 is 25.4 Å². The van der Waals surface area contributed by atoms with Crippen molar-refractivity contribution in [1.82, 2.24) is 4.90 Å². The fourth-order valence-electron chi connectivity index (χ4n) is 7.54. The highest BCUT2D eigenvalue weighted by Crippen LogP contribution is 2.39. The van der Waals surface area contributed by atoms with E-state index in [2.05, 4.69) is 75.8 Å². The molecular weight excluding hydrogens is 761 g/mol. The van der Waals surface area contributed by atoms with Gasteiger partial charge in [0, 0.05) is 65.8 Å². The van der Waals surface area contributed by atoms with Gasteiger partial charge >= 0.3 is 0 Å². The van der Waals surface area contributed by atoms with Crippen LogP contribution in [0.1, 0.15) is 65.6 Å². The highest BCUT2D eigenvalue weighted by molar-refractivity contribution is 7.08. The molecule has 0 saturated carbocycles. The van der Waals surface area contributed by atoms with Gasteiger partial charge in [-0.15, -0.1) is 0 Å². The van der Waals surface area contributed by atoms with Crippen LogP contribution in [-0.2, 0) is 25.5 Å². The second-order valence-corrected chi connectivity index (χ2v) is 15.9. The lowest BCUT2D eigenvalue weighted by molar-refractivity contribution is -0.114. The van der Waals surface area contributed by atoms with E-state index >= 15 is 0 Å². The number of rotatable bonds is 10. The van der Waals surface area contributed by atoms with Crippen molar-refractivity contribution in [1.29, 1.82) is 0 Å². The van der Waals surface area contributed by atoms with Crippen LogP contribution in [0.15, 0.2) is 83.6 Å². The van der Waals surface area contributed by atoms with Crippen LogP contribution in [-0.4, -0.2) is 69.7 Å². The summed E-state index contributed by atoms with van der Waals surface area (Å²) in [5, 5.41) is 12.8. The first kappa shape index (κ1) is 41.2. The number of amides is 3. The Morgan fingerprint density at radius 3 is 2.29 bits per heavy atom. The minimum atomic E-state index is -0.148. The quantitative estimate of drug-likeness (QED) is 0.120. The Morgan fingerprint density at radius 1 is 0.847 bits per heavy atom. The molecule has 0 spiro atoms. The van der Waals surface area contributed by atoms with Gasteiger partial charge in [0.1, 0.15) is 11.5 Å². The molecule has 3 aliphatic heterocycles. The van der Waals surface area contributed by atoms with Crippen molar-refractivity contribution >= 4 is 69.4 Å². The summed E-state index contributed by atoms with van der Waals surface area (Å²) in [7, 11) is 3.36. The van der Waals surface area contributed by atoms with Crippen molar-refractivity contribution in [2.75, 3.05) is 63.0 Å². The lowest BCUT2D eigenvalue weighted by atomic mass is 9.94. The molecule has 3 aliphatic rings. The Bertz CT molecular complexity index is 2450. The van der Waals surface area contributed by atoms with Gasteiger partial charge in [0.05, 0.1) is 33.1 Å². The lowest BCUT2D eigenvalue weighted by Crippen LogP contribution is -2.37. The van der Waals surface area contributed by atoms with Crippen LogP contribution >= 0.6 is 11.3 Å². The van der Waals surface area contributed by atoms with Crippen LogP contribution in [0.2, 0.25) is 0 Å². The zero-order chi connectivity index (χ0) is 41.6. The minimum Gasteiger partial charge on any atom is -0.496 e. The Labute approximate surface area is 349 Å². The van der Waals surface area contributed by atoms with E-state index < -0.39 is 0 Å². The third-order valence-corrected chi connectivity index (χ3v) is 11.4. The average molecular weight is 811 g/mol. The highest BCUT2D eigenvalue weighted by Gasteiger charge is 2.26. The van der Waals surface area contributed by atoms with E-state index in [1.807, 2.05) is 49.4 Å². The van der Waals surface area contributed by atoms with E-state index in [-0.39, 0.29) is 17.7 Å². The number of aryl methyl sites for hydroxylation is 1. The number of benzene rings is 4. The van der Waals surface area contributed by atoms with Gasteiger partial charge in [-0.3, -0.25) is 19.3 Å². The van der Waals surface area contributed by atoms with Crippen LogP contribution in [0, 0.1) is 6.92 Å². The standard InChI is InChI=1S/C26H26N2O3S.C22H24N2O3/c1-30-25-5-3-19(15-21(25)20-7-13-32-17-20)16-23-22-14-18(2-4-24(22)27-26(23)29)6-8-28-9-11-31-12-10-28;1-12(2)18-9-15(13(3)8-21(18)27-5)10-19-17-7-6-16(23-14(4)25)11-20(17)24-22(19)26/h2-5,7,13-17H,6,8-12H2,1H3,(H,27,29);6-12H,1-5H3,(H,23,25)(H,24,26). The molecule has 0 bridgehead atoms. The summed E-state index contributed by atoms with van der Waals surface area (Å²) < 4.78 is 16.5. The Balaban J connectivity index is 0.000000182. The smallest absolute Gasteiger partial charge is 0.256 e. The third kappa shape index (κ3) is 9.49. The van der Waals surface area contributed by atoms with Gasteiger partial charge < -0.3 is 30.2 Å². The zero-order valence-electron chi connectivity index (χ0n) is 34.4. The summed E-state index contributed by atoms with van der Waals surface area (Å²) in [4.78, 5) is 39.0. The fraction of sp³-hybridized carbons (Fsp3) is 0.271. The molecule has 3 amide bonds. The lowest BCUT2D eigenvalue weighted by Gasteiger charge is -2.26. The highest BCUT2D eigenvalue weighted by atomic mass is 32.1.